The van der Waals surface area contributed by atoms with Gasteiger partial charge in [0, 0.05) is 18.3 Å². The van der Waals surface area contributed by atoms with Crippen LogP contribution in [0.4, 0.5) is 4.79 Å². The minimum Gasteiger partial charge on any atom is -0.460 e. The van der Waals surface area contributed by atoms with Gasteiger partial charge >= 0.3 is 18.0 Å². The lowest BCUT2D eigenvalue weighted by Crippen LogP contribution is -2.62. The molecule has 6 aliphatic rings. The summed E-state index contributed by atoms with van der Waals surface area (Å²) in [6, 6.07) is -1.15. The number of alkyl carbamates (subject to hydrolysis) is 1. The highest BCUT2D eigenvalue weighted by molar-refractivity contribution is 5.82. The smallest absolute Gasteiger partial charge is 0.408 e. The van der Waals surface area contributed by atoms with Crippen LogP contribution in [-0.4, -0.2) is 86.7 Å². The monoisotopic (exact) mass is 762 g/mol. The molecule has 6 rings (SSSR count). The molecule has 308 valence electrons. The lowest BCUT2D eigenvalue weighted by atomic mass is 9.41. The fourth-order valence-electron chi connectivity index (χ4n) is 13.3. The Balaban J connectivity index is 1.31. The van der Waals surface area contributed by atoms with Gasteiger partial charge in [-0.3, -0.25) is 4.79 Å². The number of aliphatic hydroxyl groups is 3. The Kier molecular flexibility index (Phi) is 10.3. The van der Waals surface area contributed by atoms with E-state index in [4.69, 9.17) is 18.9 Å². The lowest BCUT2D eigenvalue weighted by Gasteiger charge is -2.64. The zero-order valence-electron chi connectivity index (χ0n) is 35.2. The number of amides is 1. The van der Waals surface area contributed by atoms with Crippen LogP contribution in [0.1, 0.15) is 154 Å². The van der Waals surface area contributed by atoms with Crippen LogP contribution in [0, 0.1) is 44.8 Å². The van der Waals surface area contributed by atoms with Gasteiger partial charge < -0.3 is 39.6 Å². The molecule has 3 unspecified atom stereocenters. The molecule has 54 heavy (non-hydrogen) atoms. The van der Waals surface area contributed by atoms with Gasteiger partial charge in [-0.25, -0.2) is 9.59 Å². The Labute approximate surface area is 323 Å². The molecule has 0 radical (unpaired) electrons. The van der Waals surface area contributed by atoms with Gasteiger partial charge in [-0.2, -0.15) is 0 Å². The minimum absolute atomic E-state index is 0.0118. The van der Waals surface area contributed by atoms with Crippen LogP contribution in [0.25, 0.3) is 0 Å². The number of esters is 2. The van der Waals surface area contributed by atoms with E-state index in [0.717, 1.165) is 38.5 Å². The van der Waals surface area contributed by atoms with Crippen molar-refractivity contribution in [3.8, 4) is 0 Å². The van der Waals surface area contributed by atoms with Crippen LogP contribution in [-0.2, 0) is 28.5 Å². The summed E-state index contributed by atoms with van der Waals surface area (Å²) in [5, 5.41) is 37.0. The first-order valence-corrected chi connectivity index (χ1v) is 20.8. The molecule has 5 saturated carbocycles. The number of nitrogens with one attached hydrogen (secondary N) is 1. The maximum Gasteiger partial charge on any atom is 0.408 e. The van der Waals surface area contributed by atoms with Crippen LogP contribution < -0.4 is 5.32 Å². The highest BCUT2D eigenvalue weighted by Gasteiger charge is 2.85. The van der Waals surface area contributed by atoms with Crippen molar-refractivity contribution in [2.45, 2.75) is 207 Å². The van der Waals surface area contributed by atoms with Gasteiger partial charge in [-0.1, -0.05) is 27.7 Å². The molecule has 0 aromatic carbocycles. The first kappa shape index (κ1) is 41.7. The van der Waals surface area contributed by atoms with Gasteiger partial charge in [0.15, 0.2) is 0 Å². The average molecular weight is 762 g/mol. The average Bonchev–Trinajstić information content (AvgIpc) is 3.26. The fourth-order valence-corrected chi connectivity index (χ4v) is 13.3. The molecule has 13 atom stereocenters. The number of rotatable bonds is 8. The number of hydrogen-bond acceptors (Lipinski definition) is 10. The zero-order chi connectivity index (χ0) is 40.2. The van der Waals surface area contributed by atoms with Crippen molar-refractivity contribution in [2.75, 3.05) is 0 Å². The van der Waals surface area contributed by atoms with Crippen molar-refractivity contribution in [1.29, 1.82) is 0 Å². The second-order valence-corrected chi connectivity index (χ2v) is 22.0. The molecule has 6 fully saturated rings. The Morgan fingerprint density at radius 2 is 1.50 bits per heavy atom. The van der Waals surface area contributed by atoms with E-state index in [2.05, 4.69) is 33.0 Å². The fraction of sp³-hybridized carbons (Fsp3) is 0.930. The SMILES string of the molecule is CC(C)(C)OC(=O)CC[C@H](NC(=O)OC(C)(C)C)C(=O)O[C@H]1CC2C3(CC[C@]4(C)[C@@H](C5CC[C@@H](C(C)(C)O)O5)[C@@H](O)C[C@@]24C)C[C@@]32CC[C@H](O)C(C)(C)[C@H]12. The maximum absolute atomic E-state index is 14.4. The van der Waals surface area contributed by atoms with E-state index in [0.29, 0.717) is 19.3 Å². The molecule has 1 amide bonds. The second-order valence-electron chi connectivity index (χ2n) is 22.0. The summed E-state index contributed by atoms with van der Waals surface area (Å²) in [6.07, 6.45) is 4.28. The van der Waals surface area contributed by atoms with Gasteiger partial charge in [-0.05, 0) is 153 Å². The van der Waals surface area contributed by atoms with E-state index >= 15 is 0 Å². The largest absolute Gasteiger partial charge is 0.460 e. The predicted molar refractivity (Wildman–Crippen MR) is 202 cm³/mol. The molecule has 5 aliphatic carbocycles. The van der Waals surface area contributed by atoms with Gasteiger partial charge in [0.1, 0.15) is 23.3 Å². The van der Waals surface area contributed by atoms with Crippen molar-refractivity contribution in [3.63, 3.8) is 0 Å². The van der Waals surface area contributed by atoms with Gasteiger partial charge in [0.2, 0.25) is 0 Å². The molecular formula is C43H71NO10. The van der Waals surface area contributed by atoms with Crippen molar-refractivity contribution >= 4 is 18.0 Å². The standard InChI is InChI=1S/C43H71NO10/c1-36(2,3)53-31(47)16-13-24(44-35(49)54-37(4,5)6)34(48)52-27-21-28-41(12)22-25(45)32(26-14-15-30(51-26)39(9,10)50)40(41,11)19-20-42(28)23-43(42)18-17-29(46)38(7,8)33(27)43/h24-30,32-33,45-46,50H,13-23H2,1-12H3,(H,44,49)/t24-,25-,26?,27-,28?,29-,30-,32+,33-,40+,41-,42?,43+/m0/s1. The predicted octanol–water partition coefficient (Wildman–Crippen LogP) is 6.61. The first-order chi connectivity index (χ1) is 24.6. The maximum atomic E-state index is 14.4. The van der Waals surface area contributed by atoms with E-state index < -0.39 is 64.6 Å². The number of aliphatic hydroxyl groups excluding tert-OH is 2. The van der Waals surface area contributed by atoms with Crippen LogP contribution in [0.15, 0.2) is 0 Å². The molecule has 0 bridgehead atoms. The highest BCUT2D eigenvalue weighted by atomic mass is 16.6. The molecule has 1 saturated heterocycles. The Bertz CT molecular complexity index is 1480. The highest BCUT2D eigenvalue weighted by Crippen LogP contribution is 2.89. The quantitative estimate of drug-likeness (QED) is 0.157. The molecule has 11 nitrogen and oxygen atoms in total. The Morgan fingerprint density at radius 3 is 2.09 bits per heavy atom. The summed E-state index contributed by atoms with van der Waals surface area (Å²) in [7, 11) is 0. The number of carbonyl (C=O) groups excluding carboxylic acids is 3. The number of fused-ring (bicyclic) bond motifs is 2. The van der Waals surface area contributed by atoms with E-state index in [9.17, 15) is 29.7 Å². The van der Waals surface area contributed by atoms with Crippen LogP contribution in [0.5, 0.6) is 0 Å². The summed E-state index contributed by atoms with van der Waals surface area (Å²) in [5.74, 6) is -1.15. The van der Waals surface area contributed by atoms with Crippen molar-refractivity contribution in [3.05, 3.63) is 0 Å². The topological polar surface area (TPSA) is 161 Å². The second kappa shape index (κ2) is 13.3. The molecule has 4 N–H and O–H groups in total. The van der Waals surface area contributed by atoms with Gasteiger partial charge in [-0.15, -0.1) is 0 Å². The Morgan fingerprint density at radius 1 is 0.852 bits per heavy atom. The van der Waals surface area contributed by atoms with Crippen LogP contribution in [0.3, 0.4) is 0 Å². The first-order valence-electron chi connectivity index (χ1n) is 20.8. The van der Waals surface area contributed by atoms with Crippen molar-refractivity contribution in [2.24, 2.45) is 44.8 Å². The lowest BCUT2D eigenvalue weighted by molar-refractivity contribution is -0.215. The third kappa shape index (κ3) is 6.91. The van der Waals surface area contributed by atoms with Gasteiger partial charge in [0.05, 0.1) is 30.0 Å². The number of ether oxygens (including phenoxy) is 4. The third-order valence-corrected chi connectivity index (χ3v) is 15.6. The minimum atomic E-state index is -1.15. The molecule has 11 heteroatoms. The number of hydrogen-bond donors (Lipinski definition) is 4. The van der Waals surface area contributed by atoms with E-state index in [1.54, 1.807) is 55.4 Å². The molecule has 1 aliphatic heterocycles. The molecular weight excluding hydrogens is 690 g/mol. The summed E-state index contributed by atoms with van der Waals surface area (Å²) in [6.45, 7) is 23.1. The van der Waals surface area contributed by atoms with Crippen molar-refractivity contribution < 1.29 is 48.7 Å². The summed E-state index contributed by atoms with van der Waals surface area (Å²) >= 11 is 0. The summed E-state index contributed by atoms with van der Waals surface area (Å²) < 4.78 is 24.3. The van der Waals surface area contributed by atoms with E-state index in [1.807, 2.05) is 0 Å². The summed E-state index contributed by atoms with van der Waals surface area (Å²) in [5.41, 5.74) is -3.65. The van der Waals surface area contributed by atoms with Crippen LogP contribution in [0.2, 0.25) is 0 Å². The zero-order valence-corrected chi connectivity index (χ0v) is 35.2. The number of carbonyl (C=O) groups is 3. The van der Waals surface area contributed by atoms with Gasteiger partial charge in [0.25, 0.3) is 0 Å². The van der Waals surface area contributed by atoms with E-state index in [1.165, 1.54) is 0 Å². The normalized spacial score (nSPS) is 43.1. The molecule has 2 spiro atoms. The summed E-state index contributed by atoms with van der Waals surface area (Å²) in [4.78, 5) is 40.3. The molecule has 1 heterocycles. The molecule has 0 aromatic heterocycles. The van der Waals surface area contributed by atoms with Crippen LogP contribution >= 0.6 is 0 Å². The van der Waals surface area contributed by atoms with Crippen molar-refractivity contribution in [1.82, 2.24) is 5.32 Å². The molecule has 0 aromatic rings. The van der Waals surface area contributed by atoms with E-state index in [-0.39, 0.29) is 64.5 Å². The third-order valence-electron chi connectivity index (χ3n) is 15.6. The Hall–Kier alpha value is -1.95.